The maximum atomic E-state index is 12.1. The summed E-state index contributed by atoms with van der Waals surface area (Å²) in [6.45, 7) is 0.387. The van der Waals surface area contributed by atoms with E-state index in [9.17, 15) is 8.42 Å². The second-order valence-corrected chi connectivity index (χ2v) is 6.55. The first-order valence-corrected chi connectivity index (χ1v) is 8.05. The minimum atomic E-state index is -3.46. The third-order valence-corrected chi connectivity index (χ3v) is 4.21. The number of rotatable bonds is 5. The van der Waals surface area contributed by atoms with E-state index in [-0.39, 0.29) is 5.75 Å². The van der Waals surface area contributed by atoms with Gasteiger partial charge in [0, 0.05) is 17.3 Å². The van der Waals surface area contributed by atoms with Crippen LogP contribution in [0.4, 0.5) is 5.69 Å². The summed E-state index contributed by atoms with van der Waals surface area (Å²) in [5.41, 5.74) is 7.64. The molecular formula is C14H15ClN2O2S. The Morgan fingerprint density at radius 3 is 2.35 bits per heavy atom. The normalized spacial score (nSPS) is 11.3. The van der Waals surface area contributed by atoms with Gasteiger partial charge in [-0.15, -0.1) is 0 Å². The maximum absolute atomic E-state index is 12.1. The Morgan fingerprint density at radius 1 is 1.05 bits per heavy atom. The molecule has 0 fully saturated rings. The van der Waals surface area contributed by atoms with Gasteiger partial charge in [-0.2, -0.15) is 0 Å². The van der Waals surface area contributed by atoms with E-state index < -0.39 is 10.0 Å². The molecule has 0 aliphatic carbocycles. The molecule has 106 valence electrons. The van der Waals surface area contributed by atoms with E-state index >= 15 is 0 Å². The van der Waals surface area contributed by atoms with E-state index in [0.29, 0.717) is 22.8 Å². The van der Waals surface area contributed by atoms with Gasteiger partial charge in [-0.25, -0.2) is 8.42 Å². The number of anilines is 1. The molecule has 6 heteroatoms. The SMILES string of the molecule is NCc1cccc(CS(=O)(=O)Nc2ccc(Cl)cc2)c1. The molecule has 0 heterocycles. The standard InChI is InChI=1S/C14H15ClN2O2S/c15-13-4-6-14(7-5-13)17-20(18,19)10-12-3-1-2-11(8-12)9-16/h1-8,17H,9-10,16H2. The Bertz CT molecular complexity index is 685. The van der Waals surface area contributed by atoms with Gasteiger partial charge >= 0.3 is 0 Å². The number of hydrogen-bond acceptors (Lipinski definition) is 3. The van der Waals surface area contributed by atoms with Gasteiger partial charge in [0.1, 0.15) is 0 Å². The Balaban J connectivity index is 2.12. The van der Waals surface area contributed by atoms with E-state index in [0.717, 1.165) is 5.56 Å². The highest BCUT2D eigenvalue weighted by Gasteiger charge is 2.12. The highest BCUT2D eigenvalue weighted by molar-refractivity contribution is 7.91. The van der Waals surface area contributed by atoms with Crippen molar-refractivity contribution in [2.45, 2.75) is 12.3 Å². The van der Waals surface area contributed by atoms with Gasteiger partial charge in [0.2, 0.25) is 10.0 Å². The van der Waals surface area contributed by atoms with Crippen molar-refractivity contribution in [3.63, 3.8) is 0 Å². The van der Waals surface area contributed by atoms with Crippen LogP contribution in [0.25, 0.3) is 0 Å². The molecule has 0 saturated carbocycles. The molecule has 2 rings (SSSR count). The lowest BCUT2D eigenvalue weighted by Gasteiger charge is -2.09. The summed E-state index contributed by atoms with van der Waals surface area (Å²) in [5, 5.41) is 0.559. The zero-order valence-electron chi connectivity index (χ0n) is 10.7. The lowest BCUT2D eigenvalue weighted by molar-refractivity contribution is 0.600. The largest absolute Gasteiger partial charge is 0.326 e. The van der Waals surface area contributed by atoms with Crippen LogP contribution in [-0.2, 0) is 22.3 Å². The molecule has 0 aromatic heterocycles. The zero-order chi connectivity index (χ0) is 14.6. The average Bonchev–Trinajstić information content (AvgIpc) is 2.41. The summed E-state index contributed by atoms with van der Waals surface area (Å²) in [7, 11) is -3.46. The molecule has 0 aliphatic rings. The summed E-state index contributed by atoms with van der Waals surface area (Å²) in [4.78, 5) is 0. The minimum absolute atomic E-state index is 0.0938. The van der Waals surface area contributed by atoms with Crippen molar-refractivity contribution in [1.29, 1.82) is 0 Å². The van der Waals surface area contributed by atoms with Crippen LogP contribution in [0.3, 0.4) is 0 Å². The molecule has 0 aliphatic heterocycles. The smallest absolute Gasteiger partial charge is 0.236 e. The molecule has 0 atom stereocenters. The monoisotopic (exact) mass is 310 g/mol. The first-order chi connectivity index (χ1) is 9.48. The molecular weight excluding hydrogens is 296 g/mol. The van der Waals surface area contributed by atoms with Crippen LogP contribution in [0.5, 0.6) is 0 Å². The Hall–Kier alpha value is -1.56. The van der Waals surface area contributed by atoms with Crippen molar-refractivity contribution in [3.05, 3.63) is 64.7 Å². The van der Waals surface area contributed by atoms with Crippen molar-refractivity contribution in [2.75, 3.05) is 4.72 Å². The van der Waals surface area contributed by atoms with E-state index in [1.807, 2.05) is 6.07 Å². The molecule has 2 aromatic rings. The predicted octanol–water partition coefficient (Wildman–Crippen LogP) is 2.74. The van der Waals surface area contributed by atoms with E-state index in [1.54, 1.807) is 42.5 Å². The maximum Gasteiger partial charge on any atom is 0.236 e. The second-order valence-electron chi connectivity index (χ2n) is 4.39. The summed E-state index contributed by atoms with van der Waals surface area (Å²) < 4.78 is 26.7. The van der Waals surface area contributed by atoms with Crippen LogP contribution < -0.4 is 10.5 Å². The predicted molar refractivity (Wildman–Crippen MR) is 82.0 cm³/mol. The first-order valence-electron chi connectivity index (χ1n) is 6.02. The van der Waals surface area contributed by atoms with E-state index in [4.69, 9.17) is 17.3 Å². The van der Waals surface area contributed by atoms with E-state index in [2.05, 4.69) is 4.72 Å². The lowest BCUT2D eigenvalue weighted by Crippen LogP contribution is -2.15. The number of hydrogen-bond donors (Lipinski definition) is 2. The third-order valence-electron chi connectivity index (χ3n) is 2.70. The van der Waals surface area contributed by atoms with Crippen LogP contribution >= 0.6 is 11.6 Å². The van der Waals surface area contributed by atoms with Crippen molar-refractivity contribution < 1.29 is 8.42 Å². The number of nitrogens with one attached hydrogen (secondary N) is 1. The second kappa shape index (κ2) is 6.26. The van der Waals surface area contributed by atoms with Crippen LogP contribution in [0.1, 0.15) is 11.1 Å². The number of halogens is 1. The fraction of sp³-hybridized carbons (Fsp3) is 0.143. The molecule has 0 amide bonds. The van der Waals surface area contributed by atoms with E-state index in [1.165, 1.54) is 0 Å². The number of nitrogens with two attached hydrogens (primary N) is 1. The fourth-order valence-corrected chi connectivity index (χ4v) is 3.11. The van der Waals surface area contributed by atoms with Crippen LogP contribution in [0.2, 0.25) is 5.02 Å². The highest BCUT2D eigenvalue weighted by Crippen LogP contribution is 2.16. The highest BCUT2D eigenvalue weighted by atomic mass is 35.5. The molecule has 0 unspecified atom stereocenters. The topological polar surface area (TPSA) is 72.2 Å². The summed E-state index contributed by atoms with van der Waals surface area (Å²) >= 11 is 5.76. The minimum Gasteiger partial charge on any atom is -0.326 e. The molecule has 4 nitrogen and oxygen atoms in total. The van der Waals surface area contributed by atoms with Crippen molar-refractivity contribution >= 4 is 27.3 Å². The molecule has 0 radical (unpaired) electrons. The summed E-state index contributed by atoms with van der Waals surface area (Å²) in [6, 6.07) is 13.7. The Morgan fingerprint density at radius 2 is 1.70 bits per heavy atom. The van der Waals surface area contributed by atoms with Crippen molar-refractivity contribution in [2.24, 2.45) is 5.73 Å². The van der Waals surface area contributed by atoms with Crippen molar-refractivity contribution in [3.8, 4) is 0 Å². The van der Waals surface area contributed by atoms with Gasteiger partial charge in [0.05, 0.1) is 5.75 Å². The van der Waals surface area contributed by atoms with Gasteiger partial charge in [0.25, 0.3) is 0 Å². The summed E-state index contributed by atoms with van der Waals surface area (Å²) in [6.07, 6.45) is 0. The molecule has 0 spiro atoms. The quantitative estimate of drug-likeness (QED) is 0.892. The van der Waals surface area contributed by atoms with Gasteiger partial charge in [-0.05, 0) is 35.4 Å². The molecule has 2 aromatic carbocycles. The first kappa shape index (κ1) is 14.8. The Labute approximate surface area is 123 Å². The zero-order valence-corrected chi connectivity index (χ0v) is 12.3. The fourth-order valence-electron chi connectivity index (χ4n) is 1.80. The van der Waals surface area contributed by atoms with Crippen LogP contribution in [0.15, 0.2) is 48.5 Å². The molecule has 0 bridgehead atoms. The van der Waals surface area contributed by atoms with Gasteiger partial charge in [-0.3, -0.25) is 4.72 Å². The van der Waals surface area contributed by atoms with Gasteiger partial charge < -0.3 is 5.73 Å². The summed E-state index contributed by atoms with van der Waals surface area (Å²) in [5.74, 6) is -0.0938. The Kier molecular flexibility index (Phi) is 4.65. The van der Waals surface area contributed by atoms with Crippen molar-refractivity contribution in [1.82, 2.24) is 0 Å². The molecule has 20 heavy (non-hydrogen) atoms. The average molecular weight is 311 g/mol. The van der Waals surface area contributed by atoms with Gasteiger partial charge in [0.15, 0.2) is 0 Å². The number of sulfonamides is 1. The van der Waals surface area contributed by atoms with Gasteiger partial charge in [-0.1, -0.05) is 35.9 Å². The van der Waals surface area contributed by atoms with Crippen LogP contribution in [-0.4, -0.2) is 8.42 Å². The lowest BCUT2D eigenvalue weighted by atomic mass is 10.1. The molecule has 0 saturated heterocycles. The third kappa shape index (κ3) is 4.23. The van der Waals surface area contributed by atoms with Crippen LogP contribution in [0, 0.1) is 0 Å². The number of benzene rings is 2. The molecule has 3 N–H and O–H groups in total.